The highest BCUT2D eigenvalue weighted by molar-refractivity contribution is 7.20. The van der Waals surface area contributed by atoms with Crippen LogP contribution in [0.15, 0.2) is 273 Å². The van der Waals surface area contributed by atoms with Crippen molar-refractivity contribution in [2.24, 2.45) is 0 Å². The third kappa shape index (κ3) is 6.07. The highest BCUT2D eigenvalue weighted by atomic mass is 28.3. The number of hydrogen-bond donors (Lipinski definition) is 0. The first kappa shape index (κ1) is 40.1. The average molecular weight is 908 g/mol. The third-order valence-electron chi connectivity index (χ3n) is 14.8. The van der Waals surface area contributed by atoms with Gasteiger partial charge in [0.1, 0.15) is 0 Å². The van der Waals surface area contributed by atoms with Gasteiger partial charge in [0, 0.05) is 49.4 Å². The number of nitrogens with zero attached hydrogens (tertiary/aromatic N) is 3. The Morgan fingerprint density at radius 3 is 0.971 bits per heavy atom. The molecule has 328 valence electrons. The molecule has 0 N–H and O–H groups in total. The quantitative estimate of drug-likeness (QED) is 0.107. The average Bonchev–Trinajstić information content (AvgIpc) is 4.07. The van der Waals surface area contributed by atoms with Crippen molar-refractivity contribution in [2.75, 3.05) is 0 Å². The third-order valence-corrected chi connectivity index (χ3v) is 19.6. The summed E-state index contributed by atoms with van der Waals surface area (Å²) in [6.45, 7) is 0. The van der Waals surface area contributed by atoms with Gasteiger partial charge < -0.3 is 13.7 Å². The summed E-state index contributed by atoms with van der Waals surface area (Å²) in [5.41, 5.74) is 12.9. The van der Waals surface area contributed by atoms with E-state index in [9.17, 15) is 0 Å². The van der Waals surface area contributed by atoms with E-state index in [-0.39, 0.29) is 0 Å². The first-order valence-corrected chi connectivity index (χ1v) is 26.2. The highest BCUT2D eigenvalue weighted by Gasteiger charge is 2.41. The lowest BCUT2D eigenvalue weighted by atomic mass is 10.1. The van der Waals surface area contributed by atoms with Crippen LogP contribution in [-0.2, 0) is 0 Å². The molecule has 4 heteroatoms. The topological polar surface area (TPSA) is 14.8 Å². The lowest BCUT2D eigenvalue weighted by Gasteiger charge is -2.34. The van der Waals surface area contributed by atoms with Crippen molar-refractivity contribution in [3.63, 3.8) is 0 Å². The number of rotatable bonds is 8. The normalized spacial score (nSPS) is 12.0. The summed E-state index contributed by atoms with van der Waals surface area (Å²) in [5.74, 6) is 0. The van der Waals surface area contributed by atoms with Gasteiger partial charge in [0.25, 0.3) is 0 Å². The number of hydrogen-bond acceptors (Lipinski definition) is 0. The molecule has 0 atom stereocenters. The zero-order valence-electron chi connectivity index (χ0n) is 38.3. The molecule has 0 fully saturated rings. The van der Waals surface area contributed by atoms with E-state index in [0.29, 0.717) is 0 Å². The molecule has 0 aliphatic carbocycles. The van der Waals surface area contributed by atoms with Gasteiger partial charge in [0.05, 0.1) is 33.1 Å². The summed E-state index contributed by atoms with van der Waals surface area (Å²) in [6.07, 6.45) is 0. The molecule has 0 bridgehead atoms. The van der Waals surface area contributed by atoms with E-state index in [0.717, 1.165) is 28.1 Å². The van der Waals surface area contributed by atoms with E-state index < -0.39 is 8.07 Å². The smallest absolute Gasteiger partial charge is 0.179 e. The van der Waals surface area contributed by atoms with E-state index in [1.165, 1.54) is 86.3 Å². The molecule has 0 spiro atoms. The molecule has 70 heavy (non-hydrogen) atoms. The summed E-state index contributed by atoms with van der Waals surface area (Å²) < 4.78 is 7.42. The van der Waals surface area contributed by atoms with Gasteiger partial charge in [-0.05, 0) is 92.5 Å². The molecule has 0 saturated heterocycles. The molecule has 0 radical (unpaired) electrons. The van der Waals surface area contributed by atoms with Crippen molar-refractivity contribution in [2.45, 2.75) is 0 Å². The van der Waals surface area contributed by atoms with Gasteiger partial charge in [0.15, 0.2) is 8.07 Å². The molecule has 14 aromatic rings. The summed E-state index contributed by atoms with van der Waals surface area (Å²) >= 11 is 0. The van der Waals surface area contributed by atoms with Gasteiger partial charge in [-0.1, -0.05) is 212 Å². The van der Waals surface area contributed by atoms with Gasteiger partial charge in [-0.2, -0.15) is 0 Å². The zero-order valence-corrected chi connectivity index (χ0v) is 39.3. The van der Waals surface area contributed by atoms with E-state index in [2.05, 4.69) is 287 Å². The molecule has 14 rings (SSSR count). The second-order valence-corrected chi connectivity index (χ2v) is 22.3. The molecule has 0 aliphatic rings. The van der Waals surface area contributed by atoms with Crippen molar-refractivity contribution in [3.05, 3.63) is 273 Å². The fraction of sp³-hybridized carbons (Fsp3) is 0. The van der Waals surface area contributed by atoms with Crippen LogP contribution >= 0.6 is 0 Å². The van der Waals surface area contributed by atoms with E-state index in [4.69, 9.17) is 0 Å². The van der Waals surface area contributed by atoms with Crippen molar-refractivity contribution < 1.29 is 0 Å². The van der Waals surface area contributed by atoms with Crippen LogP contribution in [0.4, 0.5) is 0 Å². The number of aromatic nitrogens is 3. The van der Waals surface area contributed by atoms with Crippen LogP contribution in [0.3, 0.4) is 0 Å². The molecular formula is C66H45N3Si. The number of para-hydroxylation sites is 3. The summed E-state index contributed by atoms with van der Waals surface area (Å²) in [6, 6.07) is 101. The standard InChI is InChI=1S/C66H45N3Si/c1-5-19-46(20-6-1)47-33-35-48(36-34-47)67-64-43-49(68-61-30-16-13-27-55(61)56-28-14-17-31-62(56)68)37-40-58(64)59-41-38-50(44-65(59)67)69-63-32-18-15-29-57(63)60-42-39-54(45-66(60)69)70(51-21-7-2-8-22-51,52-23-9-3-10-24-52)53-25-11-4-12-26-53/h1-45H. The Kier molecular flexibility index (Phi) is 9.23. The van der Waals surface area contributed by atoms with Gasteiger partial charge in [0.2, 0.25) is 0 Å². The Hall–Kier alpha value is -8.96. The maximum atomic E-state index is 2.52. The van der Waals surface area contributed by atoms with Crippen molar-refractivity contribution in [1.82, 2.24) is 13.7 Å². The van der Waals surface area contributed by atoms with Crippen LogP contribution in [0.1, 0.15) is 0 Å². The lowest BCUT2D eigenvalue weighted by molar-refractivity contribution is 1.14. The van der Waals surface area contributed by atoms with Crippen LogP contribution in [-0.4, -0.2) is 21.8 Å². The minimum atomic E-state index is -2.82. The van der Waals surface area contributed by atoms with Gasteiger partial charge in [-0.3, -0.25) is 0 Å². The Labute approximate surface area is 407 Å². The highest BCUT2D eigenvalue weighted by Crippen LogP contribution is 2.40. The molecule has 3 nitrogen and oxygen atoms in total. The monoisotopic (exact) mass is 907 g/mol. The van der Waals surface area contributed by atoms with E-state index in [1.807, 2.05) is 0 Å². The Bertz CT molecular complexity index is 4110. The second-order valence-electron chi connectivity index (χ2n) is 18.5. The molecule has 0 saturated carbocycles. The number of benzene rings is 11. The lowest BCUT2D eigenvalue weighted by Crippen LogP contribution is -2.74. The first-order chi connectivity index (χ1) is 34.7. The summed E-state index contributed by atoms with van der Waals surface area (Å²) in [4.78, 5) is 0. The summed E-state index contributed by atoms with van der Waals surface area (Å²) in [7, 11) is -2.82. The van der Waals surface area contributed by atoms with Gasteiger partial charge in [-0.15, -0.1) is 0 Å². The number of fused-ring (bicyclic) bond motifs is 9. The molecule has 3 heterocycles. The Morgan fingerprint density at radius 1 is 0.200 bits per heavy atom. The molecule has 0 unspecified atom stereocenters. The van der Waals surface area contributed by atoms with Crippen LogP contribution in [0, 0.1) is 0 Å². The van der Waals surface area contributed by atoms with Crippen LogP contribution in [0.5, 0.6) is 0 Å². The van der Waals surface area contributed by atoms with Gasteiger partial charge in [-0.25, -0.2) is 0 Å². The van der Waals surface area contributed by atoms with Crippen molar-refractivity contribution in [3.8, 4) is 28.2 Å². The fourth-order valence-corrected chi connectivity index (χ4v) is 16.5. The first-order valence-electron chi connectivity index (χ1n) is 24.2. The maximum absolute atomic E-state index is 2.82. The molecule has 3 aromatic heterocycles. The Balaban J connectivity index is 1.04. The SMILES string of the molecule is c1ccc(-c2ccc(-n3c4cc(-n5c6ccccc6c6ccccc65)ccc4c4ccc(-n5c6ccccc6c6ccc([Si](c7ccccc7)(c7ccccc7)c7ccccc7)cc65)cc43)cc2)cc1. The minimum Gasteiger partial charge on any atom is -0.309 e. The Morgan fingerprint density at radius 2 is 0.514 bits per heavy atom. The van der Waals surface area contributed by atoms with Crippen molar-refractivity contribution in [1.29, 1.82) is 0 Å². The maximum Gasteiger partial charge on any atom is 0.179 e. The second kappa shape index (κ2) is 16.1. The van der Waals surface area contributed by atoms with Gasteiger partial charge >= 0.3 is 0 Å². The molecule has 0 aliphatic heterocycles. The van der Waals surface area contributed by atoms with E-state index >= 15 is 0 Å². The van der Waals surface area contributed by atoms with Crippen LogP contribution < -0.4 is 20.7 Å². The predicted molar refractivity (Wildman–Crippen MR) is 299 cm³/mol. The van der Waals surface area contributed by atoms with Crippen molar-refractivity contribution >= 4 is 94.2 Å². The van der Waals surface area contributed by atoms with Crippen LogP contribution in [0.25, 0.3) is 93.6 Å². The zero-order chi connectivity index (χ0) is 46.2. The fourth-order valence-electron chi connectivity index (χ4n) is 11.7. The van der Waals surface area contributed by atoms with Crippen LogP contribution in [0.2, 0.25) is 0 Å². The predicted octanol–water partition coefficient (Wildman–Crippen LogP) is 14.0. The molecule has 0 amide bonds. The minimum absolute atomic E-state index is 1.12. The summed E-state index contributed by atoms with van der Waals surface area (Å²) in [5, 5.41) is 12.8. The molecule has 11 aromatic carbocycles. The van der Waals surface area contributed by atoms with E-state index in [1.54, 1.807) is 0 Å². The molecular weight excluding hydrogens is 863 g/mol. The largest absolute Gasteiger partial charge is 0.309 e.